The Labute approximate surface area is 143 Å². The molecule has 2 aromatic heterocycles. The molecule has 0 saturated heterocycles. The molecular weight excluding hydrogens is 328 g/mol. The molecular formula is C18H15ClN2OS. The summed E-state index contributed by atoms with van der Waals surface area (Å²) in [6.45, 7) is 4.61. The van der Waals surface area contributed by atoms with Crippen LogP contribution in [0, 0.1) is 0 Å². The number of rotatable bonds is 1. The lowest BCUT2D eigenvalue weighted by atomic mass is 10.0. The van der Waals surface area contributed by atoms with E-state index in [1.165, 1.54) is 0 Å². The number of benzene rings is 1. The van der Waals surface area contributed by atoms with Gasteiger partial charge in [-0.2, -0.15) is 0 Å². The number of aromatic nitrogens is 1. The third-order valence-corrected chi connectivity index (χ3v) is 4.93. The van der Waals surface area contributed by atoms with Crippen molar-refractivity contribution in [3.05, 3.63) is 58.1 Å². The smallest absolute Gasteiger partial charge is 0.148 e. The van der Waals surface area contributed by atoms with Gasteiger partial charge in [-0.15, -0.1) is 11.3 Å². The van der Waals surface area contributed by atoms with Crippen molar-refractivity contribution in [1.82, 2.24) is 4.98 Å². The Morgan fingerprint density at radius 2 is 2.13 bits per heavy atom. The predicted octanol–water partition coefficient (Wildman–Crippen LogP) is 4.96. The van der Waals surface area contributed by atoms with Crippen LogP contribution in [0.1, 0.15) is 25.0 Å². The number of aliphatic imine (C=N–C) groups is 1. The molecule has 3 nitrogen and oxygen atoms in total. The van der Waals surface area contributed by atoms with E-state index in [1.54, 1.807) is 11.3 Å². The number of fused-ring (bicyclic) bond motifs is 2. The van der Waals surface area contributed by atoms with E-state index in [0.717, 1.165) is 27.1 Å². The molecule has 116 valence electrons. The normalized spacial score (nSPS) is 16.4. The lowest BCUT2D eigenvalue weighted by Crippen LogP contribution is -2.31. The molecule has 0 atom stereocenters. The number of hydrogen-bond donors (Lipinski definition) is 0. The number of thiophene rings is 1. The zero-order chi connectivity index (χ0) is 16.0. The molecule has 0 spiro atoms. The Bertz CT molecular complexity index is 930. The maximum absolute atomic E-state index is 6.38. The zero-order valence-corrected chi connectivity index (χ0v) is 14.4. The average molecular weight is 343 g/mol. The minimum atomic E-state index is -0.401. The van der Waals surface area contributed by atoms with Crippen molar-refractivity contribution in [3.63, 3.8) is 0 Å². The van der Waals surface area contributed by atoms with E-state index >= 15 is 0 Å². The summed E-state index contributed by atoms with van der Waals surface area (Å²) in [4.78, 5) is 10.4. The molecule has 0 N–H and O–H groups in total. The van der Waals surface area contributed by atoms with E-state index < -0.39 is 5.60 Å². The topological polar surface area (TPSA) is 34.5 Å². The van der Waals surface area contributed by atoms with Gasteiger partial charge in [0.2, 0.25) is 0 Å². The molecule has 0 amide bonds. The van der Waals surface area contributed by atoms with Crippen molar-refractivity contribution in [3.8, 4) is 5.75 Å². The van der Waals surface area contributed by atoms with Crippen LogP contribution in [0.15, 0.2) is 46.9 Å². The maximum Gasteiger partial charge on any atom is 0.148 e. The van der Waals surface area contributed by atoms with Crippen LogP contribution in [0.5, 0.6) is 5.75 Å². The van der Waals surface area contributed by atoms with Crippen LogP contribution >= 0.6 is 22.9 Å². The molecule has 0 aliphatic carbocycles. The predicted molar refractivity (Wildman–Crippen MR) is 96.3 cm³/mol. The molecule has 5 heteroatoms. The van der Waals surface area contributed by atoms with Gasteiger partial charge >= 0.3 is 0 Å². The van der Waals surface area contributed by atoms with Gasteiger partial charge in [0, 0.05) is 22.7 Å². The first-order chi connectivity index (χ1) is 11.0. The number of halogens is 1. The molecule has 23 heavy (non-hydrogen) atoms. The quantitative estimate of drug-likeness (QED) is 0.626. The highest BCUT2D eigenvalue weighted by Crippen LogP contribution is 2.36. The molecule has 0 fully saturated rings. The fourth-order valence-electron chi connectivity index (χ4n) is 2.70. The van der Waals surface area contributed by atoms with Crippen LogP contribution in [0.4, 0.5) is 0 Å². The van der Waals surface area contributed by atoms with Crippen molar-refractivity contribution in [2.45, 2.75) is 19.4 Å². The molecule has 0 unspecified atom stereocenters. The average Bonchev–Trinajstić information content (AvgIpc) is 2.92. The molecule has 0 bridgehead atoms. The summed E-state index contributed by atoms with van der Waals surface area (Å²) in [5, 5.41) is 3.78. The van der Waals surface area contributed by atoms with E-state index in [9.17, 15) is 0 Å². The van der Waals surface area contributed by atoms with Gasteiger partial charge in [-0.1, -0.05) is 17.7 Å². The Balaban J connectivity index is 1.93. The number of para-hydroxylation sites is 1. The number of ether oxygens (including phenoxy) is 1. The van der Waals surface area contributed by atoms with Crippen LogP contribution in [0.25, 0.3) is 10.2 Å². The summed E-state index contributed by atoms with van der Waals surface area (Å²) >= 11 is 8.02. The zero-order valence-electron chi connectivity index (χ0n) is 12.8. The largest absolute Gasteiger partial charge is 0.484 e. The highest BCUT2D eigenvalue weighted by Gasteiger charge is 2.28. The van der Waals surface area contributed by atoms with E-state index in [4.69, 9.17) is 21.3 Å². The van der Waals surface area contributed by atoms with Crippen LogP contribution in [-0.4, -0.2) is 22.8 Å². The second-order valence-electron chi connectivity index (χ2n) is 6.18. The molecule has 1 aromatic carbocycles. The van der Waals surface area contributed by atoms with E-state index in [1.807, 2.05) is 43.6 Å². The molecule has 0 radical (unpaired) electrons. The molecule has 3 aromatic rings. The van der Waals surface area contributed by atoms with Gasteiger partial charge in [0.1, 0.15) is 16.2 Å². The van der Waals surface area contributed by atoms with Crippen molar-refractivity contribution in [2.75, 3.05) is 6.54 Å². The van der Waals surface area contributed by atoms with Crippen LogP contribution in [0.2, 0.25) is 5.02 Å². The standard InChI is InChI=1S/C18H15ClN2OS/c1-18(2)10-21-15(13-4-3-5-14(19)16(13)22-18)12-8-11-6-7-23-17(11)20-9-12/h3-9H,10H2,1-2H3. The Kier molecular flexibility index (Phi) is 3.39. The summed E-state index contributed by atoms with van der Waals surface area (Å²) in [7, 11) is 0. The van der Waals surface area contributed by atoms with Crippen LogP contribution in [-0.2, 0) is 0 Å². The van der Waals surface area contributed by atoms with Crippen molar-refractivity contribution in [2.24, 2.45) is 4.99 Å². The molecule has 3 heterocycles. The minimum Gasteiger partial charge on any atom is -0.484 e. The molecule has 4 rings (SSSR count). The van der Waals surface area contributed by atoms with Gasteiger partial charge in [-0.3, -0.25) is 4.99 Å². The summed E-state index contributed by atoms with van der Waals surface area (Å²) in [6.07, 6.45) is 1.88. The minimum absolute atomic E-state index is 0.401. The van der Waals surface area contributed by atoms with Gasteiger partial charge < -0.3 is 4.74 Å². The fraction of sp³-hybridized carbons (Fsp3) is 0.222. The van der Waals surface area contributed by atoms with Crippen molar-refractivity contribution < 1.29 is 4.74 Å². The fourth-order valence-corrected chi connectivity index (χ4v) is 3.63. The Hall–Kier alpha value is -1.91. The van der Waals surface area contributed by atoms with Crippen molar-refractivity contribution >= 4 is 38.9 Å². The molecule has 1 aliphatic rings. The summed E-state index contributed by atoms with van der Waals surface area (Å²) < 4.78 is 6.13. The van der Waals surface area contributed by atoms with E-state index in [2.05, 4.69) is 17.1 Å². The van der Waals surface area contributed by atoms with E-state index in [0.29, 0.717) is 17.3 Å². The summed E-state index contributed by atoms with van der Waals surface area (Å²) in [6, 6.07) is 9.97. The highest BCUT2D eigenvalue weighted by molar-refractivity contribution is 7.16. The molecule has 1 aliphatic heterocycles. The van der Waals surface area contributed by atoms with Gasteiger partial charge in [-0.25, -0.2) is 4.98 Å². The first kappa shape index (κ1) is 14.7. The van der Waals surface area contributed by atoms with Crippen LogP contribution < -0.4 is 4.74 Å². The number of nitrogens with zero attached hydrogens (tertiary/aromatic N) is 2. The lowest BCUT2D eigenvalue weighted by Gasteiger charge is -2.24. The Morgan fingerprint density at radius 3 is 3.00 bits per heavy atom. The summed E-state index contributed by atoms with van der Waals surface area (Å²) in [5.41, 5.74) is 2.38. The first-order valence-electron chi connectivity index (χ1n) is 7.39. The maximum atomic E-state index is 6.38. The van der Waals surface area contributed by atoms with Gasteiger partial charge in [0.25, 0.3) is 0 Å². The number of hydrogen-bond acceptors (Lipinski definition) is 4. The van der Waals surface area contributed by atoms with Gasteiger partial charge in [0.05, 0.1) is 17.3 Å². The lowest BCUT2D eigenvalue weighted by molar-refractivity contribution is 0.121. The number of pyridine rings is 1. The summed E-state index contributed by atoms with van der Waals surface area (Å²) in [5.74, 6) is 0.695. The van der Waals surface area contributed by atoms with Gasteiger partial charge in [0.15, 0.2) is 0 Å². The molecule has 0 saturated carbocycles. The second-order valence-corrected chi connectivity index (χ2v) is 7.48. The SMILES string of the molecule is CC1(C)CN=C(c2cnc3sccc3c2)c2cccc(Cl)c2O1. The van der Waals surface area contributed by atoms with Crippen LogP contribution in [0.3, 0.4) is 0 Å². The Morgan fingerprint density at radius 1 is 1.26 bits per heavy atom. The second kappa shape index (κ2) is 5.32. The van der Waals surface area contributed by atoms with E-state index in [-0.39, 0.29) is 0 Å². The highest BCUT2D eigenvalue weighted by atomic mass is 35.5. The van der Waals surface area contributed by atoms with Gasteiger partial charge in [-0.05, 0) is 43.5 Å². The third-order valence-electron chi connectivity index (χ3n) is 3.80. The third kappa shape index (κ3) is 2.62. The first-order valence-corrected chi connectivity index (χ1v) is 8.65. The van der Waals surface area contributed by atoms with Crippen molar-refractivity contribution in [1.29, 1.82) is 0 Å². The monoisotopic (exact) mass is 342 g/mol.